The molecule has 0 spiro atoms. The minimum Gasteiger partial charge on any atom is -0.370 e. The van der Waals surface area contributed by atoms with Gasteiger partial charge < -0.3 is 16.8 Å². The van der Waals surface area contributed by atoms with Crippen molar-refractivity contribution < 1.29 is 9.59 Å². The minimum absolute atomic E-state index is 0.0893. The van der Waals surface area contributed by atoms with Crippen LogP contribution in [0, 0.1) is 0 Å². The predicted octanol–water partition coefficient (Wildman–Crippen LogP) is -0.506. The average molecular weight is 201 g/mol. The Morgan fingerprint density at radius 2 is 2.00 bits per heavy atom. The predicted molar refractivity (Wildman–Crippen MR) is 54.3 cm³/mol. The third-order valence-corrected chi connectivity index (χ3v) is 1.87. The second kappa shape index (κ2) is 6.37. The molecule has 82 valence electrons. The van der Waals surface area contributed by atoms with Gasteiger partial charge in [-0.3, -0.25) is 9.59 Å². The van der Waals surface area contributed by atoms with Crippen LogP contribution in [-0.4, -0.2) is 23.9 Å². The number of amides is 2. The summed E-state index contributed by atoms with van der Waals surface area (Å²) in [5, 5.41) is 2.71. The van der Waals surface area contributed by atoms with Gasteiger partial charge in [-0.05, 0) is 13.3 Å². The van der Waals surface area contributed by atoms with Crippen molar-refractivity contribution in [3.8, 4) is 0 Å². The van der Waals surface area contributed by atoms with E-state index in [9.17, 15) is 9.59 Å². The van der Waals surface area contributed by atoms with E-state index in [0.717, 1.165) is 12.8 Å². The number of primary amides is 1. The van der Waals surface area contributed by atoms with Crippen LogP contribution in [0.3, 0.4) is 0 Å². The molecule has 0 aliphatic carbocycles. The lowest BCUT2D eigenvalue weighted by Gasteiger charge is -2.15. The molecule has 0 bridgehead atoms. The molecule has 0 radical (unpaired) electrons. The van der Waals surface area contributed by atoms with Crippen LogP contribution in [0.1, 0.15) is 33.1 Å². The Balaban J connectivity index is 3.88. The smallest absolute Gasteiger partial charge is 0.237 e. The van der Waals surface area contributed by atoms with Crippen molar-refractivity contribution >= 4 is 11.8 Å². The topological polar surface area (TPSA) is 98.2 Å². The zero-order valence-electron chi connectivity index (χ0n) is 8.75. The summed E-state index contributed by atoms with van der Waals surface area (Å²) in [7, 11) is 0. The fraction of sp³-hybridized carbons (Fsp3) is 0.778. The Kier molecular flexibility index (Phi) is 5.87. The van der Waals surface area contributed by atoms with Crippen LogP contribution in [-0.2, 0) is 9.59 Å². The second-order valence-electron chi connectivity index (χ2n) is 3.48. The van der Waals surface area contributed by atoms with Gasteiger partial charge in [-0.1, -0.05) is 13.3 Å². The van der Waals surface area contributed by atoms with Gasteiger partial charge in [0.2, 0.25) is 11.8 Å². The first kappa shape index (κ1) is 12.9. The van der Waals surface area contributed by atoms with E-state index in [1.807, 2.05) is 13.8 Å². The first-order valence-electron chi connectivity index (χ1n) is 4.81. The van der Waals surface area contributed by atoms with Crippen molar-refractivity contribution in [1.29, 1.82) is 0 Å². The zero-order chi connectivity index (χ0) is 11.1. The summed E-state index contributed by atoms with van der Waals surface area (Å²) in [4.78, 5) is 21.8. The maximum absolute atomic E-state index is 11.3. The van der Waals surface area contributed by atoms with Gasteiger partial charge in [0.05, 0.1) is 12.5 Å². The highest BCUT2D eigenvalue weighted by Crippen LogP contribution is 1.96. The fourth-order valence-electron chi connectivity index (χ4n) is 1.16. The van der Waals surface area contributed by atoms with Crippen LogP contribution in [0.4, 0.5) is 0 Å². The molecule has 14 heavy (non-hydrogen) atoms. The molecule has 0 aliphatic heterocycles. The van der Waals surface area contributed by atoms with Crippen LogP contribution >= 0.6 is 0 Å². The van der Waals surface area contributed by atoms with E-state index in [1.54, 1.807) is 0 Å². The Morgan fingerprint density at radius 1 is 1.43 bits per heavy atom. The molecule has 5 nitrogen and oxygen atoms in total. The highest BCUT2D eigenvalue weighted by molar-refractivity contribution is 5.87. The SMILES string of the molecule is CCCC(C)NC(=O)C(N)CC(N)=O. The molecule has 0 aromatic rings. The van der Waals surface area contributed by atoms with Crippen molar-refractivity contribution in [1.82, 2.24) is 5.32 Å². The van der Waals surface area contributed by atoms with Crippen molar-refractivity contribution in [3.63, 3.8) is 0 Å². The number of carbonyl (C=O) groups excluding carboxylic acids is 2. The third-order valence-electron chi connectivity index (χ3n) is 1.87. The molecule has 2 atom stereocenters. The van der Waals surface area contributed by atoms with Crippen LogP contribution in [0.2, 0.25) is 0 Å². The van der Waals surface area contributed by atoms with Crippen molar-refractivity contribution in [2.24, 2.45) is 11.5 Å². The Labute approximate surface area is 84.2 Å². The van der Waals surface area contributed by atoms with Crippen LogP contribution in [0.25, 0.3) is 0 Å². The zero-order valence-corrected chi connectivity index (χ0v) is 8.75. The number of nitrogens with one attached hydrogen (secondary N) is 1. The summed E-state index contributed by atoms with van der Waals surface area (Å²) < 4.78 is 0. The molecular formula is C9H19N3O2. The van der Waals surface area contributed by atoms with Crippen molar-refractivity contribution in [2.75, 3.05) is 0 Å². The number of nitrogens with two attached hydrogens (primary N) is 2. The monoisotopic (exact) mass is 201 g/mol. The molecular weight excluding hydrogens is 182 g/mol. The first-order chi connectivity index (χ1) is 6.47. The summed E-state index contributed by atoms with van der Waals surface area (Å²) in [5.74, 6) is -0.874. The molecule has 0 fully saturated rings. The lowest BCUT2D eigenvalue weighted by atomic mass is 10.1. The Hall–Kier alpha value is -1.10. The van der Waals surface area contributed by atoms with E-state index in [0.29, 0.717) is 0 Å². The van der Waals surface area contributed by atoms with Crippen LogP contribution in [0.15, 0.2) is 0 Å². The molecule has 5 N–H and O–H groups in total. The van der Waals surface area contributed by atoms with Gasteiger partial charge in [0.25, 0.3) is 0 Å². The Bertz CT molecular complexity index is 206. The van der Waals surface area contributed by atoms with Gasteiger partial charge >= 0.3 is 0 Å². The molecule has 2 amide bonds. The summed E-state index contributed by atoms with van der Waals surface area (Å²) in [5.41, 5.74) is 10.4. The fourth-order valence-corrected chi connectivity index (χ4v) is 1.16. The average Bonchev–Trinajstić information content (AvgIpc) is 2.02. The summed E-state index contributed by atoms with van der Waals surface area (Å²) in [6.45, 7) is 3.93. The maximum atomic E-state index is 11.3. The first-order valence-corrected chi connectivity index (χ1v) is 4.81. The molecule has 0 aromatic heterocycles. The molecule has 0 saturated carbocycles. The highest BCUT2D eigenvalue weighted by Gasteiger charge is 2.17. The molecule has 0 saturated heterocycles. The van der Waals surface area contributed by atoms with Gasteiger partial charge in [0.15, 0.2) is 0 Å². The maximum Gasteiger partial charge on any atom is 0.237 e. The van der Waals surface area contributed by atoms with E-state index in [2.05, 4.69) is 5.32 Å². The van der Waals surface area contributed by atoms with E-state index in [4.69, 9.17) is 11.5 Å². The van der Waals surface area contributed by atoms with Gasteiger partial charge in [-0.25, -0.2) is 0 Å². The summed E-state index contributed by atoms with van der Waals surface area (Å²) >= 11 is 0. The number of hydrogen-bond donors (Lipinski definition) is 3. The normalized spacial score (nSPS) is 14.5. The lowest BCUT2D eigenvalue weighted by Crippen LogP contribution is -2.46. The molecule has 0 rings (SSSR count). The molecule has 0 aromatic carbocycles. The van der Waals surface area contributed by atoms with E-state index in [1.165, 1.54) is 0 Å². The second-order valence-corrected chi connectivity index (χ2v) is 3.48. The van der Waals surface area contributed by atoms with E-state index < -0.39 is 11.9 Å². The third kappa shape index (κ3) is 5.53. The van der Waals surface area contributed by atoms with Crippen LogP contribution in [0.5, 0.6) is 0 Å². The lowest BCUT2D eigenvalue weighted by molar-refractivity contribution is -0.126. The molecule has 0 heterocycles. The van der Waals surface area contributed by atoms with Crippen molar-refractivity contribution in [2.45, 2.75) is 45.2 Å². The minimum atomic E-state index is -0.827. The molecule has 5 heteroatoms. The highest BCUT2D eigenvalue weighted by atomic mass is 16.2. The van der Waals surface area contributed by atoms with Gasteiger partial charge in [-0.15, -0.1) is 0 Å². The van der Waals surface area contributed by atoms with Gasteiger partial charge in [-0.2, -0.15) is 0 Å². The van der Waals surface area contributed by atoms with Crippen LogP contribution < -0.4 is 16.8 Å². The largest absolute Gasteiger partial charge is 0.370 e. The van der Waals surface area contributed by atoms with Gasteiger partial charge in [0, 0.05) is 6.04 Å². The van der Waals surface area contributed by atoms with Crippen molar-refractivity contribution in [3.05, 3.63) is 0 Å². The summed E-state index contributed by atoms with van der Waals surface area (Å²) in [6, 6.07) is -0.738. The number of hydrogen-bond acceptors (Lipinski definition) is 3. The van der Waals surface area contributed by atoms with E-state index in [-0.39, 0.29) is 18.4 Å². The quantitative estimate of drug-likeness (QED) is 0.540. The number of carbonyl (C=O) groups is 2. The van der Waals surface area contributed by atoms with E-state index >= 15 is 0 Å². The standard InChI is InChI=1S/C9H19N3O2/c1-3-4-6(2)12-9(14)7(10)5-8(11)13/h6-7H,3-5,10H2,1-2H3,(H2,11,13)(H,12,14). The van der Waals surface area contributed by atoms with Gasteiger partial charge in [0.1, 0.15) is 0 Å². The Morgan fingerprint density at radius 3 is 2.43 bits per heavy atom. The molecule has 2 unspecified atom stereocenters. The summed E-state index contributed by atoms with van der Waals surface area (Å²) in [6.07, 6.45) is 1.78. The molecule has 0 aliphatic rings. The number of rotatable bonds is 6.